The molecule has 0 radical (unpaired) electrons. The third-order valence-corrected chi connectivity index (χ3v) is 6.62. The molecule has 34 heavy (non-hydrogen) atoms. The Hall–Kier alpha value is -2.06. The molecule has 2 aromatic carbocycles. The molecule has 0 saturated carbocycles. The molecule has 188 valence electrons. The lowest BCUT2D eigenvalue weighted by molar-refractivity contribution is -0.228. The molecule has 0 amide bonds. The van der Waals surface area contributed by atoms with E-state index in [0.717, 1.165) is 27.8 Å². The third kappa shape index (κ3) is 6.33. The summed E-state index contributed by atoms with van der Waals surface area (Å²) < 4.78 is 0. The first-order valence-electron chi connectivity index (χ1n) is 11.6. The highest BCUT2D eigenvalue weighted by Crippen LogP contribution is 2.36. The van der Waals surface area contributed by atoms with Crippen molar-refractivity contribution in [1.29, 1.82) is 0 Å². The molecule has 0 fully saturated rings. The Kier molecular flexibility index (Phi) is 9.22. The molecular weight excluding hydrogens is 432 g/mol. The lowest BCUT2D eigenvalue weighted by atomic mass is 9.70. The van der Waals surface area contributed by atoms with Gasteiger partial charge in [-0.2, -0.15) is 0 Å². The van der Waals surface area contributed by atoms with Gasteiger partial charge in [-0.05, 0) is 63.3 Å². The number of aliphatic hydroxyl groups is 6. The summed E-state index contributed by atoms with van der Waals surface area (Å²) in [7, 11) is 0. The Morgan fingerprint density at radius 1 is 0.853 bits per heavy atom. The molecule has 0 spiro atoms. The van der Waals surface area contributed by atoms with Crippen molar-refractivity contribution in [3.05, 3.63) is 81.9 Å². The Morgan fingerprint density at radius 2 is 1.32 bits per heavy atom. The van der Waals surface area contributed by atoms with Crippen LogP contribution in [0.1, 0.15) is 46.7 Å². The maximum atomic E-state index is 11.8. The van der Waals surface area contributed by atoms with E-state index in [4.69, 9.17) is 0 Å². The van der Waals surface area contributed by atoms with Gasteiger partial charge in [0.15, 0.2) is 0 Å². The van der Waals surface area contributed by atoms with Crippen LogP contribution in [0.15, 0.2) is 48.6 Å². The summed E-state index contributed by atoms with van der Waals surface area (Å²) in [6.07, 6.45) is -5.83. The Balaban J connectivity index is 2.60. The van der Waals surface area contributed by atoms with Crippen LogP contribution in [0.25, 0.3) is 0 Å². The molecule has 0 aromatic heterocycles. The normalized spacial score (nSPS) is 18.0. The molecule has 6 N–H and O–H groups in total. The van der Waals surface area contributed by atoms with Crippen LogP contribution in [-0.2, 0) is 12.8 Å². The standard InChI is InChI=1S/C28H40O6/c1-17(2)13-27(33,14-22-9-7-18(3)11-20(22)5)26(32)28(34,25(31)24(30)16-29)15-23-10-8-19(4)12-21(23)6/h7-12,24-26,29-34H,1,13-16H2,2-6H3/t24-,25+,26+,27?,28+/m0/s1. The zero-order valence-electron chi connectivity index (χ0n) is 20.9. The van der Waals surface area contributed by atoms with Gasteiger partial charge in [-0.3, -0.25) is 0 Å². The molecule has 5 atom stereocenters. The summed E-state index contributed by atoms with van der Waals surface area (Å²) in [6.45, 7) is 12.4. The van der Waals surface area contributed by atoms with Crippen LogP contribution in [-0.4, -0.2) is 66.8 Å². The Labute approximate surface area is 202 Å². The number of hydrogen-bond acceptors (Lipinski definition) is 6. The lowest BCUT2D eigenvalue weighted by Gasteiger charge is -2.46. The van der Waals surface area contributed by atoms with Crippen LogP contribution in [0.3, 0.4) is 0 Å². The molecular formula is C28H40O6. The van der Waals surface area contributed by atoms with Crippen molar-refractivity contribution in [3.63, 3.8) is 0 Å². The largest absolute Gasteiger partial charge is 0.394 e. The highest BCUT2D eigenvalue weighted by Gasteiger charge is 2.54. The Bertz CT molecular complexity index is 1000. The van der Waals surface area contributed by atoms with Crippen molar-refractivity contribution in [3.8, 4) is 0 Å². The highest BCUT2D eigenvalue weighted by molar-refractivity contribution is 5.34. The molecule has 0 saturated heterocycles. The van der Waals surface area contributed by atoms with Crippen molar-refractivity contribution < 1.29 is 30.6 Å². The maximum Gasteiger partial charge on any atom is 0.126 e. The molecule has 0 heterocycles. The van der Waals surface area contributed by atoms with E-state index in [2.05, 4.69) is 6.58 Å². The van der Waals surface area contributed by atoms with E-state index < -0.39 is 36.1 Å². The van der Waals surface area contributed by atoms with Gasteiger partial charge in [-0.15, -0.1) is 6.58 Å². The first-order valence-corrected chi connectivity index (χ1v) is 11.6. The van der Waals surface area contributed by atoms with E-state index in [9.17, 15) is 30.6 Å². The molecule has 6 heteroatoms. The van der Waals surface area contributed by atoms with E-state index in [-0.39, 0.29) is 19.3 Å². The second-order valence-electron chi connectivity index (χ2n) is 10.0. The van der Waals surface area contributed by atoms with Gasteiger partial charge in [-0.1, -0.05) is 53.1 Å². The minimum atomic E-state index is -2.37. The molecule has 0 bridgehead atoms. The van der Waals surface area contributed by atoms with Crippen LogP contribution in [0.4, 0.5) is 0 Å². The topological polar surface area (TPSA) is 121 Å². The second-order valence-corrected chi connectivity index (χ2v) is 10.0. The minimum Gasteiger partial charge on any atom is -0.394 e. The van der Waals surface area contributed by atoms with Gasteiger partial charge in [0, 0.05) is 12.8 Å². The molecule has 1 unspecified atom stereocenters. The average molecular weight is 473 g/mol. The van der Waals surface area contributed by atoms with E-state index in [1.807, 2.05) is 58.0 Å². The van der Waals surface area contributed by atoms with Crippen molar-refractivity contribution >= 4 is 0 Å². The van der Waals surface area contributed by atoms with E-state index in [0.29, 0.717) is 11.1 Å². The SMILES string of the molecule is C=C(C)CC(O)(Cc1ccc(C)cc1C)[C@@H](O)[C@@](O)(Cc1ccc(C)cc1C)[C@H](O)[C@@H](O)CO. The lowest BCUT2D eigenvalue weighted by Crippen LogP contribution is -2.66. The number of rotatable bonds is 11. The van der Waals surface area contributed by atoms with E-state index in [1.165, 1.54) is 0 Å². The summed E-state index contributed by atoms with van der Waals surface area (Å²) in [4.78, 5) is 0. The summed E-state index contributed by atoms with van der Waals surface area (Å²) in [5, 5.41) is 65.8. The van der Waals surface area contributed by atoms with E-state index in [1.54, 1.807) is 13.0 Å². The van der Waals surface area contributed by atoms with Crippen LogP contribution >= 0.6 is 0 Å². The average Bonchev–Trinajstić information content (AvgIpc) is 2.75. The van der Waals surface area contributed by atoms with Crippen molar-refractivity contribution in [2.24, 2.45) is 0 Å². The molecule has 0 aliphatic rings. The molecule has 0 aliphatic heterocycles. The van der Waals surface area contributed by atoms with Gasteiger partial charge in [-0.25, -0.2) is 0 Å². The van der Waals surface area contributed by atoms with Crippen molar-refractivity contribution in [2.75, 3.05) is 6.61 Å². The molecule has 6 nitrogen and oxygen atoms in total. The predicted molar refractivity (Wildman–Crippen MR) is 134 cm³/mol. The summed E-state index contributed by atoms with van der Waals surface area (Å²) in [6, 6.07) is 11.3. The van der Waals surface area contributed by atoms with Gasteiger partial charge in [0.05, 0.1) is 6.61 Å². The van der Waals surface area contributed by atoms with Crippen molar-refractivity contribution in [1.82, 2.24) is 0 Å². The quantitative estimate of drug-likeness (QED) is 0.279. The van der Waals surface area contributed by atoms with Crippen molar-refractivity contribution in [2.45, 2.75) is 83.4 Å². The maximum absolute atomic E-state index is 11.8. The fourth-order valence-corrected chi connectivity index (χ4v) is 4.76. The van der Waals surface area contributed by atoms with E-state index >= 15 is 0 Å². The van der Waals surface area contributed by atoms with Crippen LogP contribution in [0, 0.1) is 27.7 Å². The Morgan fingerprint density at radius 3 is 1.74 bits per heavy atom. The molecule has 2 rings (SSSR count). The zero-order valence-corrected chi connectivity index (χ0v) is 20.9. The van der Waals surface area contributed by atoms with Crippen LogP contribution < -0.4 is 0 Å². The van der Waals surface area contributed by atoms with Gasteiger partial charge in [0.2, 0.25) is 0 Å². The number of aryl methyl sites for hydroxylation is 4. The number of hydrogen-bond donors (Lipinski definition) is 6. The zero-order chi connectivity index (χ0) is 25.8. The minimum absolute atomic E-state index is 0.00965. The number of benzene rings is 2. The third-order valence-electron chi connectivity index (χ3n) is 6.62. The first-order chi connectivity index (χ1) is 15.7. The summed E-state index contributed by atoms with van der Waals surface area (Å²) in [5.74, 6) is 0. The van der Waals surface area contributed by atoms with Gasteiger partial charge in [0.25, 0.3) is 0 Å². The molecule has 2 aromatic rings. The smallest absolute Gasteiger partial charge is 0.126 e. The fraction of sp³-hybridized carbons (Fsp3) is 0.500. The fourth-order valence-electron chi connectivity index (χ4n) is 4.76. The number of aliphatic hydroxyl groups excluding tert-OH is 4. The van der Waals surface area contributed by atoms with Gasteiger partial charge < -0.3 is 30.6 Å². The predicted octanol–water partition coefficient (Wildman–Crippen LogP) is 2.21. The summed E-state index contributed by atoms with van der Waals surface area (Å²) >= 11 is 0. The van der Waals surface area contributed by atoms with Gasteiger partial charge >= 0.3 is 0 Å². The first kappa shape index (κ1) is 28.2. The van der Waals surface area contributed by atoms with Crippen LogP contribution in [0.5, 0.6) is 0 Å². The summed E-state index contributed by atoms with van der Waals surface area (Å²) in [5.41, 5.74) is 1.53. The van der Waals surface area contributed by atoms with Gasteiger partial charge in [0.1, 0.15) is 29.5 Å². The van der Waals surface area contributed by atoms with Crippen LogP contribution in [0.2, 0.25) is 0 Å². The molecule has 0 aliphatic carbocycles. The second kappa shape index (κ2) is 11.1. The highest BCUT2D eigenvalue weighted by atomic mass is 16.4. The monoisotopic (exact) mass is 472 g/mol.